The SMILES string of the molecule is O=C(O)C1(Cc2ccc3ccccc3c2)C=CCC=C1. The van der Waals surface area contributed by atoms with Crippen LogP contribution in [0.15, 0.2) is 66.8 Å². The quantitative estimate of drug-likeness (QED) is 0.852. The van der Waals surface area contributed by atoms with Crippen molar-refractivity contribution in [3.8, 4) is 0 Å². The van der Waals surface area contributed by atoms with Gasteiger partial charge in [-0.05, 0) is 29.2 Å². The fourth-order valence-electron chi connectivity index (χ4n) is 2.71. The molecule has 0 fully saturated rings. The molecule has 20 heavy (non-hydrogen) atoms. The predicted octanol–water partition coefficient (Wildman–Crippen LogP) is 3.97. The molecule has 0 radical (unpaired) electrons. The Balaban J connectivity index is 1.98. The van der Waals surface area contributed by atoms with Gasteiger partial charge in [-0.1, -0.05) is 66.8 Å². The van der Waals surface area contributed by atoms with Gasteiger partial charge >= 0.3 is 5.97 Å². The van der Waals surface area contributed by atoms with Crippen molar-refractivity contribution in [2.75, 3.05) is 0 Å². The number of fused-ring (bicyclic) bond motifs is 1. The Bertz CT molecular complexity index is 698. The first-order valence-electron chi connectivity index (χ1n) is 6.76. The van der Waals surface area contributed by atoms with E-state index in [0.717, 1.165) is 17.4 Å². The highest BCUT2D eigenvalue weighted by atomic mass is 16.4. The number of aliphatic carboxylic acids is 1. The van der Waals surface area contributed by atoms with Crippen molar-refractivity contribution in [1.29, 1.82) is 0 Å². The molecule has 2 aromatic rings. The minimum atomic E-state index is -0.902. The summed E-state index contributed by atoms with van der Waals surface area (Å²) in [5, 5.41) is 11.9. The van der Waals surface area contributed by atoms with Gasteiger partial charge in [0.05, 0.1) is 0 Å². The molecule has 1 aliphatic rings. The zero-order valence-corrected chi connectivity index (χ0v) is 11.1. The second kappa shape index (κ2) is 4.97. The molecule has 3 rings (SSSR count). The Morgan fingerprint density at radius 2 is 1.75 bits per heavy atom. The molecule has 2 nitrogen and oxygen atoms in total. The first-order valence-corrected chi connectivity index (χ1v) is 6.76. The maximum Gasteiger partial charge on any atom is 0.317 e. The van der Waals surface area contributed by atoms with Crippen molar-refractivity contribution >= 4 is 16.7 Å². The summed E-state index contributed by atoms with van der Waals surface area (Å²) >= 11 is 0. The lowest BCUT2D eigenvalue weighted by Gasteiger charge is -2.24. The van der Waals surface area contributed by atoms with Gasteiger partial charge < -0.3 is 5.11 Å². The number of rotatable bonds is 3. The molecule has 0 aliphatic heterocycles. The number of carboxylic acid groups (broad SMARTS) is 1. The Hall–Kier alpha value is -2.35. The van der Waals surface area contributed by atoms with Crippen molar-refractivity contribution in [1.82, 2.24) is 0 Å². The summed E-state index contributed by atoms with van der Waals surface area (Å²) in [5.41, 5.74) is 0.142. The number of hydrogen-bond donors (Lipinski definition) is 1. The van der Waals surface area contributed by atoms with Crippen molar-refractivity contribution in [2.24, 2.45) is 5.41 Å². The summed E-state index contributed by atoms with van der Waals surface area (Å²) in [7, 11) is 0. The molecule has 2 aromatic carbocycles. The highest BCUT2D eigenvalue weighted by molar-refractivity contribution is 5.84. The number of allylic oxidation sites excluding steroid dienone is 2. The standard InChI is InChI=1S/C18H16O2/c19-17(20)18(10-4-1-5-11-18)13-14-8-9-15-6-2-3-7-16(15)12-14/h2-12H,1,13H2,(H,19,20). The molecular weight excluding hydrogens is 248 g/mol. The summed E-state index contributed by atoms with van der Waals surface area (Å²) in [6.07, 6.45) is 8.77. The zero-order valence-electron chi connectivity index (χ0n) is 11.1. The fourth-order valence-corrected chi connectivity index (χ4v) is 2.71. The van der Waals surface area contributed by atoms with Crippen LogP contribution in [0.1, 0.15) is 12.0 Å². The molecule has 1 N–H and O–H groups in total. The molecule has 0 aromatic heterocycles. The topological polar surface area (TPSA) is 37.3 Å². The van der Waals surface area contributed by atoms with Gasteiger partial charge in [0.2, 0.25) is 0 Å². The fraction of sp³-hybridized carbons (Fsp3) is 0.167. The van der Waals surface area contributed by atoms with Crippen LogP contribution in [0.3, 0.4) is 0 Å². The highest BCUT2D eigenvalue weighted by Gasteiger charge is 2.34. The van der Waals surface area contributed by atoms with Crippen LogP contribution < -0.4 is 0 Å². The normalized spacial score (nSPS) is 16.4. The van der Waals surface area contributed by atoms with Crippen molar-refractivity contribution in [3.05, 3.63) is 72.3 Å². The minimum Gasteiger partial charge on any atom is -0.480 e. The smallest absolute Gasteiger partial charge is 0.317 e. The second-order valence-corrected chi connectivity index (χ2v) is 5.24. The van der Waals surface area contributed by atoms with Gasteiger partial charge in [0, 0.05) is 0 Å². The maximum absolute atomic E-state index is 11.6. The third-order valence-electron chi connectivity index (χ3n) is 3.81. The van der Waals surface area contributed by atoms with Crippen molar-refractivity contribution in [2.45, 2.75) is 12.8 Å². The Morgan fingerprint density at radius 1 is 1.05 bits per heavy atom. The number of carbonyl (C=O) groups is 1. The summed E-state index contributed by atoms with van der Waals surface area (Å²) in [6.45, 7) is 0. The van der Waals surface area contributed by atoms with E-state index in [0.29, 0.717) is 6.42 Å². The van der Waals surface area contributed by atoms with Crippen LogP contribution in [0.4, 0.5) is 0 Å². The van der Waals surface area contributed by atoms with Gasteiger partial charge in [-0.25, -0.2) is 0 Å². The van der Waals surface area contributed by atoms with E-state index in [2.05, 4.69) is 24.3 Å². The zero-order chi connectivity index (χ0) is 14.0. The van der Waals surface area contributed by atoms with Crippen LogP contribution in [0.2, 0.25) is 0 Å². The number of hydrogen-bond acceptors (Lipinski definition) is 1. The van der Waals surface area contributed by atoms with E-state index in [-0.39, 0.29) is 0 Å². The van der Waals surface area contributed by atoms with Crippen LogP contribution in [0.5, 0.6) is 0 Å². The Kier molecular flexibility index (Phi) is 3.15. The van der Waals surface area contributed by atoms with Crippen LogP contribution in [-0.2, 0) is 11.2 Å². The molecule has 0 saturated heterocycles. The molecule has 0 atom stereocenters. The van der Waals surface area contributed by atoms with E-state index in [1.807, 2.05) is 42.5 Å². The van der Waals surface area contributed by atoms with Gasteiger partial charge in [0.15, 0.2) is 0 Å². The molecular formula is C18H16O2. The molecule has 0 heterocycles. The first-order chi connectivity index (χ1) is 9.70. The first kappa shape index (κ1) is 12.7. The molecule has 0 bridgehead atoms. The van der Waals surface area contributed by atoms with Crippen LogP contribution in [0.25, 0.3) is 10.8 Å². The van der Waals surface area contributed by atoms with E-state index in [9.17, 15) is 9.90 Å². The predicted molar refractivity (Wildman–Crippen MR) is 80.6 cm³/mol. The van der Waals surface area contributed by atoms with Crippen molar-refractivity contribution < 1.29 is 9.90 Å². The van der Waals surface area contributed by atoms with E-state index >= 15 is 0 Å². The van der Waals surface area contributed by atoms with E-state index in [1.165, 1.54) is 5.39 Å². The van der Waals surface area contributed by atoms with Gasteiger partial charge in [-0.3, -0.25) is 4.79 Å². The maximum atomic E-state index is 11.6. The van der Waals surface area contributed by atoms with Crippen LogP contribution in [-0.4, -0.2) is 11.1 Å². The Labute approximate surface area is 118 Å². The van der Waals surface area contributed by atoms with Crippen molar-refractivity contribution in [3.63, 3.8) is 0 Å². The van der Waals surface area contributed by atoms with Crippen LogP contribution in [0, 0.1) is 5.41 Å². The molecule has 0 amide bonds. The van der Waals surface area contributed by atoms with Gasteiger partial charge in [0.25, 0.3) is 0 Å². The lowest BCUT2D eigenvalue weighted by molar-refractivity contribution is -0.143. The summed E-state index contributed by atoms with van der Waals surface area (Å²) < 4.78 is 0. The monoisotopic (exact) mass is 264 g/mol. The summed E-state index contributed by atoms with van der Waals surface area (Å²) in [5.74, 6) is -0.794. The number of benzene rings is 2. The third-order valence-corrected chi connectivity index (χ3v) is 3.81. The van der Waals surface area contributed by atoms with E-state index in [1.54, 1.807) is 0 Å². The molecule has 0 saturated carbocycles. The second-order valence-electron chi connectivity index (χ2n) is 5.24. The molecule has 0 spiro atoms. The van der Waals surface area contributed by atoms with Gasteiger partial charge in [0.1, 0.15) is 5.41 Å². The molecule has 2 heteroatoms. The van der Waals surface area contributed by atoms with Gasteiger partial charge in [-0.15, -0.1) is 0 Å². The molecule has 1 aliphatic carbocycles. The third kappa shape index (κ3) is 2.25. The lowest BCUT2D eigenvalue weighted by atomic mass is 9.78. The molecule has 0 unspecified atom stereocenters. The van der Waals surface area contributed by atoms with Crippen LogP contribution >= 0.6 is 0 Å². The largest absolute Gasteiger partial charge is 0.480 e. The number of carboxylic acids is 1. The summed E-state index contributed by atoms with van der Waals surface area (Å²) in [4.78, 5) is 11.6. The highest BCUT2D eigenvalue weighted by Crippen LogP contribution is 2.31. The van der Waals surface area contributed by atoms with E-state index < -0.39 is 11.4 Å². The Morgan fingerprint density at radius 3 is 2.45 bits per heavy atom. The average molecular weight is 264 g/mol. The lowest BCUT2D eigenvalue weighted by Crippen LogP contribution is -2.30. The van der Waals surface area contributed by atoms with E-state index in [4.69, 9.17) is 0 Å². The van der Waals surface area contributed by atoms with Gasteiger partial charge in [-0.2, -0.15) is 0 Å². The molecule has 100 valence electrons. The summed E-state index contributed by atoms with van der Waals surface area (Å²) in [6, 6.07) is 14.3. The minimum absolute atomic E-state index is 0.486. The average Bonchev–Trinajstić information content (AvgIpc) is 2.48.